The third kappa shape index (κ3) is 1.79. The molecular weight excluding hydrogens is 165 g/mol. The second-order valence-electron chi connectivity index (χ2n) is 1.96. The van der Waals surface area contributed by atoms with Gasteiger partial charge in [-0.05, 0) is 0 Å². The van der Waals surface area contributed by atoms with E-state index in [-0.39, 0.29) is 24.8 Å². The van der Waals surface area contributed by atoms with E-state index in [2.05, 4.69) is 9.97 Å². The van der Waals surface area contributed by atoms with Crippen LogP contribution >= 0.6 is 0 Å². The maximum absolute atomic E-state index is 12.6. The lowest BCUT2D eigenvalue weighted by Crippen LogP contribution is -2.07. The fourth-order valence-corrected chi connectivity index (χ4v) is 0.617. The Balaban J connectivity index is 2.78. The third-order valence-electron chi connectivity index (χ3n) is 1.13. The molecule has 0 aliphatic rings. The van der Waals surface area contributed by atoms with Crippen LogP contribution < -0.4 is 10.5 Å². The molecule has 0 aromatic carbocycles. The zero-order valence-corrected chi connectivity index (χ0v) is 6.20. The van der Waals surface area contributed by atoms with Crippen molar-refractivity contribution in [2.24, 2.45) is 0 Å². The SMILES string of the molecule is Nc1c(F)ncnc1OCCO. The molecule has 0 radical (unpaired) electrons. The molecular formula is C6H8FN3O2. The van der Waals surface area contributed by atoms with E-state index in [9.17, 15) is 4.39 Å². The molecule has 0 amide bonds. The van der Waals surface area contributed by atoms with E-state index in [0.29, 0.717) is 0 Å². The summed E-state index contributed by atoms with van der Waals surface area (Å²) in [6, 6.07) is 0. The van der Waals surface area contributed by atoms with Crippen molar-refractivity contribution in [3.8, 4) is 5.88 Å². The number of aliphatic hydroxyl groups is 1. The molecule has 6 heteroatoms. The lowest BCUT2D eigenvalue weighted by Gasteiger charge is -2.04. The number of aromatic nitrogens is 2. The largest absolute Gasteiger partial charge is 0.474 e. The van der Waals surface area contributed by atoms with E-state index in [1.165, 1.54) is 0 Å². The quantitative estimate of drug-likeness (QED) is 0.606. The predicted molar refractivity (Wildman–Crippen MR) is 39.0 cm³/mol. The molecule has 1 aromatic heterocycles. The van der Waals surface area contributed by atoms with Crippen molar-refractivity contribution >= 4 is 5.69 Å². The second-order valence-corrected chi connectivity index (χ2v) is 1.96. The fraction of sp³-hybridized carbons (Fsp3) is 0.333. The number of rotatable bonds is 3. The standard InChI is InChI=1S/C6H8FN3O2/c7-5-4(8)6(10-3-9-5)12-2-1-11/h3,11H,1-2,8H2. The van der Waals surface area contributed by atoms with Crippen LogP contribution in [0.15, 0.2) is 6.33 Å². The number of halogens is 1. The maximum atomic E-state index is 12.6. The van der Waals surface area contributed by atoms with Crippen LogP contribution in [0.3, 0.4) is 0 Å². The van der Waals surface area contributed by atoms with E-state index in [0.717, 1.165) is 6.33 Å². The summed E-state index contributed by atoms with van der Waals surface area (Å²) in [5.41, 5.74) is 4.97. The minimum atomic E-state index is -0.821. The summed E-state index contributed by atoms with van der Waals surface area (Å²) in [4.78, 5) is 6.77. The Bertz CT molecular complexity index is 269. The molecule has 0 fully saturated rings. The van der Waals surface area contributed by atoms with Crippen LogP contribution in [0.4, 0.5) is 10.1 Å². The number of anilines is 1. The van der Waals surface area contributed by atoms with Crippen molar-refractivity contribution in [1.29, 1.82) is 0 Å². The van der Waals surface area contributed by atoms with Crippen molar-refractivity contribution < 1.29 is 14.2 Å². The molecule has 0 saturated heterocycles. The number of hydrogen-bond donors (Lipinski definition) is 2. The summed E-state index contributed by atoms with van der Waals surface area (Å²) < 4.78 is 17.4. The highest BCUT2D eigenvalue weighted by Crippen LogP contribution is 2.17. The molecule has 66 valence electrons. The number of nitrogens with two attached hydrogens (primary N) is 1. The average molecular weight is 173 g/mol. The molecule has 1 aromatic rings. The Hall–Kier alpha value is -1.43. The third-order valence-corrected chi connectivity index (χ3v) is 1.13. The Morgan fingerprint density at radius 3 is 3.00 bits per heavy atom. The summed E-state index contributed by atoms with van der Waals surface area (Å²) in [5.74, 6) is -0.866. The summed E-state index contributed by atoms with van der Waals surface area (Å²) in [5, 5.41) is 8.38. The lowest BCUT2D eigenvalue weighted by molar-refractivity contribution is 0.196. The van der Waals surface area contributed by atoms with Gasteiger partial charge in [0, 0.05) is 0 Å². The van der Waals surface area contributed by atoms with Gasteiger partial charge in [-0.2, -0.15) is 9.37 Å². The number of nitrogens with zero attached hydrogens (tertiary/aromatic N) is 2. The number of nitrogen functional groups attached to an aromatic ring is 1. The predicted octanol–water partition coefficient (Wildman–Crippen LogP) is -0.431. The molecule has 0 spiro atoms. The normalized spacial score (nSPS) is 9.83. The molecule has 1 rings (SSSR count). The van der Waals surface area contributed by atoms with Crippen LogP contribution in [0, 0.1) is 5.95 Å². The summed E-state index contributed by atoms with van der Waals surface area (Å²) in [6.45, 7) is -0.147. The van der Waals surface area contributed by atoms with E-state index >= 15 is 0 Å². The van der Waals surface area contributed by atoms with Gasteiger partial charge >= 0.3 is 0 Å². The van der Waals surface area contributed by atoms with Gasteiger partial charge in [0.15, 0.2) is 5.69 Å². The minimum Gasteiger partial charge on any atom is -0.474 e. The van der Waals surface area contributed by atoms with E-state index in [1.54, 1.807) is 0 Å². The van der Waals surface area contributed by atoms with Crippen LogP contribution in [0.2, 0.25) is 0 Å². The molecule has 1 heterocycles. The fourth-order valence-electron chi connectivity index (χ4n) is 0.617. The zero-order valence-electron chi connectivity index (χ0n) is 6.20. The minimum absolute atomic E-state index is 0.0284. The molecule has 3 N–H and O–H groups in total. The Morgan fingerprint density at radius 1 is 1.58 bits per heavy atom. The Morgan fingerprint density at radius 2 is 2.33 bits per heavy atom. The van der Waals surface area contributed by atoms with E-state index in [1.807, 2.05) is 0 Å². The highest BCUT2D eigenvalue weighted by molar-refractivity contribution is 5.45. The first-order valence-corrected chi connectivity index (χ1v) is 3.25. The van der Waals surface area contributed by atoms with Crippen LogP contribution in [0.1, 0.15) is 0 Å². The highest BCUT2D eigenvalue weighted by Gasteiger charge is 2.07. The first-order valence-electron chi connectivity index (χ1n) is 3.25. The molecule has 0 unspecified atom stereocenters. The molecule has 0 bridgehead atoms. The molecule has 12 heavy (non-hydrogen) atoms. The van der Waals surface area contributed by atoms with Gasteiger partial charge in [0.2, 0.25) is 11.8 Å². The molecule has 5 nitrogen and oxygen atoms in total. The summed E-state index contributed by atoms with van der Waals surface area (Å²) in [6.07, 6.45) is 0.998. The molecule has 0 aliphatic carbocycles. The second kappa shape index (κ2) is 3.82. The van der Waals surface area contributed by atoms with Crippen LogP contribution in [-0.2, 0) is 0 Å². The lowest BCUT2D eigenvalue weighted by atomic mass is 10.5. The van der Waals surface area contributed by atoms with Gasteiger partial charge in [0.25, 0.3) is 0 Å². The Kier molecular flexibility index (Phi) is 2.76. The first-order chi connectivity index (χ1) is 5.75. The van der Waals surface area contributed by atoms with Gasteiger partial charge in [-0.25, -0.2) is 4.98 Å². The van der Waals surface area contributed by atoms with Gasteiger partial charge < -0.3 is 15.6 Å². The monoisotopic (exact) mass is 173 g/mol. The van der Waals surface area contributed by atoms with Gasteiger partial charge in [0.05, 0.1) is 6.61 Å². The highest BCUT2D eigenvalue weighted by atomic mass is 19.1. The summed E-state index contributed by atoms with van der Waals surface area (Å²) >= 11 is 0. The van der Waals surface area contributed by atoms with Crippen molar-refractivity contribution in [1.82, 2.24) is 9.97 Å². The zero-order chi connectivity index (χ0) is 8.97. The van der Waals surface area contributed by atoms with Gasteiger partial charge in [-0.3, -0.25) is 0 Å². The average Bonchev–Trinajstić information content (AvgIpc) is 2.08. The van der Waals surface area contributed by atoms with Crippen molar-refractivity contribution in [2.75, 3.05) is 18.9 Å². The van der Waals surface area contributed by atoms with Crippen LogP contribution in [0.5, 0.6) is 5.88 Å². The number of aliphatic hydroxyl groups excluding tert-OH is 1. The van der Waals surface area contributed by atoms with Gasteiger partial charge in [0.1, 0.15) is 12.9 Å². The number of ether oxygens (including phenoxy) is 1. The van der Waals surface area contributed by atoms with Gasteiger partial charge in [-0.1, -0.05) is 0 Å². The summed E-state index contributed by atoms with van der Waals surface area (Å²) in [7, 11) is 0. The van der Waals surface area contributed by atoms with Gasteiger partial charge in [-0.15, -0.1) is 0 Å². The first kappa shape index (κ1) is 8.66. The van der Waals surface area contributed by atoms with Crippen LogP contribution in [0.25, 0.3) is 0 Å². The maximum Gasteiger partial charge on any atom is 0.243 e. The van der Waals surface area contributed by atoms with Crippen molar-refractivity contribution in [2.45, 2.75) is 0 Å². The number of hydrogen-bond acceptors (Lipinski definition) is 5. The van der Waals surface area contributed by atoms with Crippen LogP contribution in [-0.4, -0.2) is 28.3 Å². The smallest absolute Gasteiger partial charge is 0.243 e. The molecule has 0 aliphatic heterocycles. The van der Waals surface area contributed by atoms with E-state index < -0.39 is 5.95 Å². The molecule has 0 saturated carbocycles. The van der Waals surface area contributed by atoms with Crippen molar-refractivity contribution in [3.05, 3.63) is 12.3 Å². The molecule has 0 atom stereocenters. The van der Waals surface area contributed by atoms with E-state index in [4.69, 9.17) is 15.6 Å². The van der Waals surface area contributed by atoms with Crippen molar-refractivity contribution in [3.63, 3.8) is 0 Å². The topological polar surface area (TPSA) is 81.3 Å². The Labute approximate surface area is 68.0 Å².